The SMILES string of the molecule is NCC1(CC(=O)NCC(O)c2ccccc2F)CCCCC1. The molecule has 1 amide bonds. The predicted molar refractivity (Wildman–Crippen MR) is 83.6 cm³/mol. The second-order valence-corrected chi connectivity index (χ2v) is 6.28. The van der Waals surface area contributed by atoms with E-state index in [0.717, 1.165) is 25.7 Å². The Hall–Kier alpha value is -1.46. The summed E-state index contributed by atoms with van der Waals surface area (Å²) in [4.78, 5) is 12.1. The van der Waals surface area contributed by atoms with Crippen molar-refractivity contribution in [1.82, 2.24) is 5.32 Å². The average molecular weight is 308 g/mol. The topological polar surface area (TPSA) is 75.4 Å². The van der Waals surface area contributed by atoms with Crippen molar-refractivity contribution in [1.29, 1.82) is 0 Å². The minimum atomic E-state index is -1.04. The number of carbonyl (C=O) groups is 1. The van der Waals surface area contributed by atoms with Gasteiger partial charge in [-0.15, -0.1) is 0 Å². The largest absolute Gasteiger partial charge is 0.386 e. The number of nitrogens with two attached hydrogens (primary N) is 1. The molecule has 0 radical (unpaired) electrons. The van der Waals surface area contributed by atoms with E-state index in [2.05, 4.69) is 5.32 Å². The normalized spacial score (nSPS) is 18.7. The first-order valence-electron chi connectivity index (χ1n) is 7.96. The molecule has 5 heteroatoms. The van der Waals surface area contributed by atoms with Crippen LogP contribution in [0.25, 0.3) is 0 Å². The smallest absolute Gasteiger partial charge is 0.220 e. The minimum Gasteiger partial charge on any atom is -0.386 e. The fourth-order valence-corrected chi connectivity index (χ4v) is 3.22. The lowest BCUT2D eigenvalue weighted by Gasteiger charge is -2.35. The number of rotatable bonds is 6. The van der Waals surface area contributed by atoms with E-state index in [1.165, 1.54) is 18.6 Å². The maximum atomic E-state index is 13.6. The first-order valence-corrected chi connectivity index (χ1v) is 7.96. The summed E-state index contributed by atoms with van der Waals surface area (Å²) in [6, 6.07) is 6.05. The van der Waals surface area contributed by atoms with Crippen molar-refractivity contribution in [3.8, 4) is 0 Å². The highest BCUT2D eigenvalue weighted by Gasteiger charge is 2.33. The van der Waals surface area contributed by atoms with Gasteiger partial charge in [0.1, 0.15) is 5.82 Å². The molecule has 4 N–H and O–H groups in total. The zero-order chi connectivity index (χ0) is 16.0. The Morgan fingerprint density at radius 3 is 2.64 bits per heavy atom. The van der Waals surface area contributed by atoms with Gasteiger partial charge in [-0.05, 0) is 30.9 Å². The fourth-order valence-electron chi connectivity index (χ4n) is 3.22. The molecule has 22 heavy (non-hydrogen) atoms. The third-order valence-corrected chi connectivity index (χ3v) is 4.64. The number of benzene rings is 1. The first kappa shape index (κ1) is 16.9. The van der Waals surface area contributed by atoms with Crippen LogP contribution in [0.3, 0.4) is 0 Å². The van der Waals surface area contributed by atoms with Gasteiger partial charge in [0.2, 0.25) is 5.91 Å². The number of hydrogen-bond donors (Lipinski definition) is 3. The molecule has 0 heterocycles. The Bertz CT molecular complexity index is 501. The number of amides is 1. The Morgan fingerprint density at radius 1 is 1.32 bits per heavy atom. The van der Waals surface area contributed by atoms with Gasteiger partial charge in [-0.2, -0.15) is 0 Å². The number of aliphatic hydroxyl groups excluding tert-OH is 1. The van der Waals surface area contributed by atoms with Crippen LogP contribution in [0.5, 0.6) is 0 Å². The van der Waals surface area contributed by atoms with E-state index in [-0.39, 0.29) is 23.4 Å². The Morgan fingerprint density at radius 2 is 2.00 bits per heavy atom. The maximum Gasteiger partial charge on any atom is 0.220 e. The van der Waals surface area contributed by atoms with Crippen molar-refractivity contribution in [2.75, 3.05) is 13.1 Å². The molecule has 2 rings (SSSR count). The van der Waals surface area contributed by atoms with Crippen molar-refractivity contribution in [3.05, 3.63) is 35.6 Å². The summed E-state index contributed by atoms with van der Waals surface area (Å²) in [6.45, 7) is 0.525. The van der Waals surface area contributed by atoms with Crippen LogP contribution in [0.2, 0.25) is 0 Å². The zero-order valence-corrected chi connectivity index (χ0v) is 12.9. The molecule has 122 valence electrons. The van der Waals surface area contributed by atoms with E-state index in [1.807, 2.05) is 0 Å². The first-order chi connectivity index (χ1) is 10.6. The van der Waals surface area contributed by atoms with Crippen LogP contribution < -0.4 is 11.1 Å². The van der Waals surface area contributed by atoms with E-state index in [0.29, 0.717) is 13.0 Å². The second-order valence-electron chi connectivity index (χ2n) is 6.28. The molecule has 0 saturated heterocycles. The minimum absolute atomic E-state index is 0.0143. The summed E-state index contributed by atoms with van der Waals surface area (Å²) >= 11 is 0. The van der Waals surface area contributed by atoms with Crippen molar-refractivity contribution < 1.29 is 14.3 Å². The van der Waals surface area contributed by atoms with E-state index in [1.54, 1.807) is 12.1 Å². The van der Waals surface area contributed by atoms with Gasteiger partial charge in [0.05, 0.1) is 6.10 Å². The molecule has 4 nitrogen and oxygen atoms in total. The molecule has 0 spiro atoms. The number of carbonyl (C=O) groups excluding carboxylic acids is 1. The Labute approximate surface area is 130 Å². The molecule has 0 aromatic heterocycles. The molecular weight excluding hydrogens is 283 g/mol. The predicted octanol–water partition coefficient (Wildman–Crippen LogP) is 2.27. The van der Waals surface area contributed by atoms with Crippen LogP contribution >= 0.6 is 0 Å². The average Bonchev–Trinajstić information content (AvgIpc) is 2.54. The summed E-state index contributed by atoms with van der Waals surface area (Å²) in [5.41, 5.74) is 5.97. The Balaban J connectivity index is 1.86. The van der Waals surface area contributed by atoms with Gasteiger partial charge >= 0.3 is 0 Å². The molecule has 0 aliphatic heterocycles. The zero-order valence-electron chi connectivity index (χ0n) is 12.9. The van der Waals surface area contributed by atoms with E-state index < -0.39 is 11.9 Å². The van der Waals surface area contributed by atoms with Crippen LogP contribution in [0, 0.1) is 11.2 Å². The van der Waals surface area contributed by atoms with Gasteiger partial charge < -0.3 is 16.2 Å². The van der Waals surface area contributed by atoms with Gasteiger partial charge in [0.15, 0.2) is 0 Å². The molecular formula is C17H25FN2O2. The van der Waals surface area contributed by atoms with E-state index in [9.17, 15) is 14.3 Å². The third kappa shape index (κ3) is 4.27. The number of halogens is 1. The highest BCUT2D eigenvalue weighted by atomic mass is 19.1. The Kier molecular flexibility index (Phi) is 5.91. The van der Waals surface area contributed by atoms with Crippen molar-refractivity contribution in [2.45, 2.75) is 44.6 Å². The quantitative estimate of drug-likeness (QED) is 0.754. The molecule has 1 aliphatic rings. The maximum absolute atomic E-state index is 13.6. The van der Waals surface area contributed by atoms with Crippen LogP contribution in [-0.4, -0.2) is 24.1 Å². The monoisotopic (exact) mass is 308 g/mol. The van der Waals surface area contributed by atoms with Crippen LogP contribution in [0.15, 0.2) is 24.3 Å². The molecule has 1 aliphatic carbocycles. The second kappa shape index (κ2) is 7.70. The molecule has 1 saturated carbocycles. The van der Waals surface area contributed by atoms with Crippen LogP contribution in [0.4, 0.5) is 4.39 Å². The number of nitrogens with one attached hydrogen (secondary N) is 1. The van der Waals surface area contributed by atoms with Crippen LogP contribution in [-0.2, 0) is 4.79 Å². The van der Waals surface area contributed by atoms with Gasteiger partial charge in [0, 0.05) is 18.5 Å². The van der Waals surface area contributed by atoms with Crippen molar-refractivity contribution in [3.63, 3.8) is 0 Å². The summed E-state index contributed by atoms with van der Waals surface area (Å²) in [6.07, 6.45) is 4.73. The molecule has 1 atom stereocenters. The number of hydrogen-bond acceptors (Lipinski definition) is 3. The molecule has 0 bridgehead atoms. The molecule has 1 aromatic carbocycles. The lowest BCUT2D eigenvalue weighted by molar-refractivity contribution is -0.124. The molecule has 1 aromatic rings. The standard InChI is InChI=1S/C17H25FN2O2/c18-14-7-3-2-6-13(14)15(21)11-20-16(22)10-17(12-19)8-4-1-5-9-17/h2-3,6-7,15,21H,1,4-5,8-12,19H2,(H,20,22). The highest BCUT2D eigenvalue weighted by Crippen LogP contribution is 2.38. The van der Waals surface area contributed by atoms with Gasteiger partial charge in [-0.1, -0.05) is 37.5 Å². The summed E-state index contributed by atoms with van der Waals surface area (Å²) in [5, 5.41) is 12.7. The highest BCUT2D eigenvalue weighted by molar-refractivity contribution is 5.76. The van der Waals surface area contributed by atoms with E-state index in [4.69, 9.17) is 5.73 Å². The van der Waals surface area contributed by atoms with Crippen molar-refractivity contribution in [2.24, 2.45) is 11.1 Å². The van der Waals surface area contributed by atoms with Gasteiger partial charge in [-0.3, -0.25) is 4.79 Å². The molecule has 1 unspecified atom stereocenters. The fraction of sp³-hybridized carbons (Fsp3) is 0.588. The van der Waals surface area contributed by atoms with E-state index >= 15 is 0 Å². The summed E-state index contributed by atoms with van der Waals surface area (Å²) in [7, 11) is 0. The summed E-state index contributed by atoms with van der Waals surface area (Å²) < 4.78 is 13.6. The molecule has 1 fully saturated rings. The van der Waals surface area contributed by atoms with Crippen LogP contribution in [0.1, 0.15) is 50.2 Å². The third-order valence-electron chi connectivity index (χ3n) is 4.64. The van der Waals surface area contributed by atoms with Gasteiger partial charge in [0.25, 0.3) is 0 Å². The summed E-state index contributed by atoms with van der Waals surface area (Å²) in [5.74, 6) is -0.585. The van der Waals surface area contributed by atoms with Gasteiger partial charge in [-0.25, -0.2) is 4.39 Å². The van der Waals surface area contributed by atoms with Crippen molar-refractivity contribution >= 4 is 5.91 Å². The lowest BCUT2D eigenvalue weighted by Crippen LogP contribution is -2.39. The lowest BCUT2D eigenvalue weighted by atomic mass is 9.71. The number of aliphatic hydroxyl groups is 1.